The maximum absolute atomic E-state index is 5.81. The van der Waals surface area contributed by atoms with Crippen LogP contribution in [0.5, 0.6) is 0 Å². The van der Waals surface area contributed by atoms with E-state index < -0.39 is 0 Å². The Morgan fingerprint density at radius 3 is 3.17 bits per heavy atom. The van der Waals surface area contributed by atoms with Gasteiger partial charge >= 0.3 is 0 Å². The Labute approximate surface area is 81.5 Å². The van der Waals surface area contributed by atoms with Crippen molar-refractivity contribution in [3.05, 3.63) is 29.0 Å². The molecule has 1 unspecified atom stereocenters. The van der Waals surface area contributed by atoms with Crippen LogP contribution in [0.15, 0.2) is 18.3 Å². The van der Waals surface area contributed by atoms with Crippen molar-refractivity contribution < 1.29 is 0 Å². The van der Waals surface area contributed by atoms with Gasteiger partial charge in [0.2, 0.25) is 0 Å². The molecule has 1 atom stereocenters. The summed E-state index contributed by atoms with van der Waals surface area (Å²) in [6.07, 6.45) is 3.08. The summed E-state index contributed by atoms with van der Waals surface area (Å²) in [6.45, 7) is 0. The zero-order valence-corrected chi connectivity index (χ0v) is 8.24. The molecule has 1 nitrogen and oxygen atoms in total. The van der Waals surface area contributed by atoms with Crippen LogP contribution < -0.4 is 0 Å². The lowest BCUT2D eigenvalue weighted by atomic mass is 10.0. The fourth-order valence-electron chi connectivity index (χ4n) is 1.47. The Bertz CT molecular complexity index is 271. The van der Waals surface area contributed by atoms with E-state index in [2.05, 4.69) is 11.1 Å². The molecule has 1 aromatic heterocycles. The highest BCUT2D eigenvalue weighted by Crippen LogP contribution is 2.32. The Morgan fingerprint density at radius 1 is 1.58 bits per heavy atom. The number of pyridine rings is 1. The molecule has 1 aliphatic rings. The van der Waals surface area contributed by atoms with Gasteiger partial charge in [0.25, 0.3) is 0 Å². The smallest absolute Gasteiger partial charge is 0.129 e. The van der Waals surface area contributed by atoms with Gasteiger partial charge in [-0.1, -0.05) is 11.6 Å². The molecule has 0 saturated carbocycles. The number of hydrogen-bond donors (Lipinski definition) is 0. The van der Waals surface area contributed by atoms with E-state index in [-0.39, 0.29) is 0 Å². The van der Waals surface area contributed by atoms with Crippen LogP contribution in [-0.4, -0.2) is 16.5 Å². The lowest BCUT2D eigenvalue weighted by Crippen LogP contribution is -1.95. The number of hydrogen-bond acceptors (Lipinski definition) is 2. The fraction of sp³-hybridized carbons (Fsp3) is 0.444. The summed E-state index contributed by atoms with van der Waals surface area (Å²) < 4.78 is 0. The first-order valence-corrected chi connectivity index (χ1v) is 5.59. The molecule has 1 aromatic rings. The van der Waals surface area contributed by atoms with Crippen molar-refractivity contribution >= 4 is 23.4 Å². The van der Waals surface area contributed by atoms with Gasteiger partial charge in [0.15, 0.2) is 0 Å². The summed E-state index contributed by atoms with van der Waals surface area (Å²) in [7, 11) is 0. The average molecular weight is 200 g/mol. The second-order valence-corrected chi connectivity index (χ2v) is 4.51. The molecule has 0 bridgehead atoms. The number of aromatic nitrogens is 1. The predicted octanol–water partition coefficient (Wildman–Crippen LogP) is 2.96. The molecule has 0 aromatic carbocycles. The van der Waals surface area contributed by atoms with Gasteiger partial charge in [-0.2, -0.15) is 11.8 Å². The molecule has 1 aliphatic heterocycles. The van der Waals surface area contributed by atoms with Crippen molar-refractivity contribution in [1.29, 1.82) is 0 Å². The van der Waals surface area contributed by atoms with E-state index in [0.29, 0.717) is 11.1 Å². The van der Waals surface area contributed by atoms with Crippen LogP contribution in [0.25, 0.3) is 0 Å². The van der Waals surface area contributed by atoms with Gasteiger partial charge in [-0.15, -0.1) is 0 Å². The monoisotopic (exact) mass is 199 g/mol. The Morgan fingerprint density at radius 2 is 2.50 bits per heavy atom. The summed E-state index contributed by atoms with van der Waals surface area (Å²) >= 11 is 7.82. The van der Waals surface area contributed by atoms with Gasteiger partial charge in [0, 0.05) is 11.9 Å². The zero-order chi connectivity index (χ0) is 8.39. The lowest BCUT2D eigenvalue weighted by Gasteiger charge is -2.07. The van der Waals surface area contributed by atoms with Gasteiger partial charge in [0.1, 0.15) is 5.15 Å². The molecule has 0 spiro atoms. The van der Waals surface area contributed by atoms with Crippen molar-refractivity contribution in [3.8, 4) is 0 Å². The van der Waals surface area contributed by atoms with Crippen LogP contribution in [0, 0.1) is 0 Å². The SMILES string of the molecule is Clc1cc(C2CCSC2)ccn1. The molecule has 12 heavy (non-hydrogen) atoms. The quantitative estimate of drug-likeness (QED) is 0.646. The van der Waals surface area contributed by atoms with Gasteiger partial charge in [-0.3, -0.25) is 0 Å². The topological polar surface area (TPSA) is 12.9 Å². The molecule has 0 N–H and O–H groups in total. The fourth-order valence-corrected chi connectivity index (χ4v) is 2.91. The van der Waals surface area contributed by atoms with Crippen molar-refractivity contribution in [3.63, 3.8) is 0 Å². The minimum absolute atomic E-state index is 0.615. The van der Waals surface area contributed by atoms with Crippen molar-refractivity contribution in [2.75, 3.05) is 11.5 Å². The normalized spacial score (nSPS) is 22.9. The Kier molecular flexibility index (Phi) is 2.57. The summed E-state index contributed by atoms with van der Waals surface area (Å²) in [6, 6.07) is 4.06. The maximum Gasteiger partial charge on any atom is 0.129 e. The van der Waals surface area contributed by atoms with Gasteiger partial charge in [-0.25, -0.2) is 4.98 Å². The molecule has 0 aliphatic carbocycles. The molecule has 3 heteroatoms. The van der Waals surface area contributed by atoms with E-state index in [1.165, 1.54) is 23.5 Å². The molecular formula is C9H10ClNS. The third kappa shape index (κ3) is 1.75. The van der Waals surface area contributed by atoms with Crippen LogP contribution in [0.3, 0.4) is 0 Å². The van der Waals surface area contributed by atoms with Crippen molar-refractivity contribution in [2.45, 2.75) is 12.3 Å². The van der Waals surface area contributed by atoms with Crippen molar-refractivity contribution in [1.82, 2.24) is 4.98 Å². The van der Waals surface area contributed by atoms with Crippen LogP contribution >= 0.6 is 23.4 Å². The second-order valence-electron chi connectivity index (χ2n) is 2.97. The van der Waals surface area contributed by atoms with Crippen molar-refractivity contribution in [2.24, 2.45) is 0 Å². The number of halogens is 1. The predicted molar refractivity (Wildman–Crippen MR) is 53.9 cm³/mol. The molecule has 0 amide bonds. The van der Waals surface area contributed by atoms with Crippen LogP contribution in [0.1, 0.15) is 17.9 Å². The Balaban J connectivity index is 2.21. The first-order valence-electron chi connectivity index (χ1n) is 4.05. The number of nitrogens with zero attached hydrogens (tertiary/aromatic N) is 1. The molecule has 2 heterocycles. The van der Waals surface area contributed by atoms with E-state index in [0.717, 1.165) is 0 Å². The lowest BCUT2D eigenvalue weighted by molar-refractivity contribution is 0.780. The van der Waals surface area contributed by atoms with E-state index in [1.54, 1.807) is 6.20 Å². The van der Waals surface area contributed by atoms with E-state index in [1.807, 2.05) is 17.8 Å². The first kappa shape index (κ1) is 8.39. The van der Waals surface area contributed by atoms with E-state index in [4.69, 9.17) is 11.6 Å². The molecule has 2 rings (SSSR count). The molecule has 1 saturated heterocycles. The first-order chi connectivity index (χ1) is 5.86. The minimum Gasteiger partial charge on any atom is -0.245 e. The Hall–Kier alpha value is -0.210. The molecule has 0 radical (unpaired) electrons. The highest BCUT2D eigenvalue weighted by Gasteiger charge is 2.17. The summed E-state index contributed by atoms with van der Waals surface area (Å²) in [4.78, 5) is 3.97. The van der Waals surface area contributed by atoms with Gasteiger partial charge in [0.05, 0.1) is 0 Å². The molecule has 64 valence electrons. The van der Waals surface area contributed by atoms with E-state index in [9.17, 15) is 0 Å². The molecule has 1 fully saturated rings. The largest absolute Gasteiger partial charge is 0.245 e. The van der Waals surface area contributed by atoms with Crippen LogP contribution in [0.2, 0.25) is 5.15 Å². The second kappa shape index (κ2) is 3.67. The number of rotatable bonds is 1. The highest BCUT2D eigenvalue weighted by atomic mass is 35.5. The maximum atomic E-state index is 5.81. The van der Waals surface area contributed by atoms with E-state index >= 15 is 0 Å². The summed E-state index contributed by atoms with van der Waals surface area (Å²) in [5, 5.41) is 0.615. The van der Waals surface area contributed by atoms with Gasteiger partial charge < -0.3 is 0 Å². The molecular weight excluding hydrogens is 190 g/mol. The standard InChI is InChI=1S/C9H10ClNS/c10-9-5-7(1-3-11-9)8-2-4-12-6-8/h1,3,5,8H,2,4,6H2. The number of thioether (sulfide) groups is 1. The summed E-state index contributed by atoms with van der Waals surface area (Å²) in [5.74, 6) is 3.22. The third-order valence-electron chi connectivity index (χ3n) is 2.15. The minimum atomic E-state index is 0.615. The zero-order valence-electron chi connectivity index (χ0n) is 6.66. The van der Waals surface area contributed by atoms with Gasteiger partial charge in [-0.05, 0) is 35.8 Å². The average Bonchev–Trinajstić information content (AvgIpc) is 2.56. The highest BCUT2D eigenvalue weighted by molar-refractivity contribution is 7.99. The van der Waals surface area contributed by atoms with Crippen LogP contribution in [-0.2, 0) is 0 Å². The summed E-state index contributed by atoms with van der Waals surface area (Å²) in [5.41, 5.74) is 1.35. The van der Waals surface area contributed by atoms with Crippen LogP contribution in [0.4, 0.5) is 0 Å². The third-order valence-corrected chi connectivity index (χ3v) is 3.52.